The number of nitrogens with zero attached hydrogens (tertiary/aromatic N) is 2. The number of hydrogen-bond donors (Lipinski definition) is 3. The number of rotatable bonds is 10. The van der Waals surface area contributed by atoms with Crippen molar-refractivity contribution in [2.45, 2.75) is 45.1 Å². The summed E-state index contributed by atoms with van der Waals surface area (Å²) in [5, 5.41) is 18.4. The fourth-order valence-electron chi connectivity index (χ4n) is 3.66. The van der Waals surface area contributed by atoms with Gasteiger partial charge in [0, 0.05) is 17.3 Å². The number of nitrogens with one attached hydrogen (secondary N) is 2. The van der Waals surface area contributed by atoms with E-state index in [2.05, 4.69) is 15.1 Å². The summed E-state index contributed by atoms with van der Waals surface area (Å²) in [6.45, 7) is 7.03. The van der Waals surface area contributed by atoms with Gasteiger partial charge in [-0.15, -0.1) is 11.3 Å². The van der Waals surface area contributed by atoms with Crippen molar-refractivity contribution < 1.29 is 27.9 Å². The Labute approximate surface area is 230 Å². The molecule has 0 fully saturated rings. The van der Waals surface area contributed by atoms with E-state index in [1.165, 1.54) is 41.1 Å². The van der Waals surface area contributed by atoms with Gasteiger partial charge in [0.15, 0.2) is 5.69 Å². The smallest absolute Gasteiger partial charge is 0.356 e. The Bertz CT molecular complexity index is 1610. The lowest BCUT2D eigenvalue weighted by Crippen LogP contribution is -2.32. The Hall–Kier alpha value is -4.00. The van der Waals surface area contributed by atoms with Gasteiger partial charge in [0.2, 0.25) is 15.9 Å². The molecule has 0 saturated carbocycles. The normalized spacial score (nSPS) is 12.2. The number of sulfonamides is 1. The van der Waals surface area contributed by atoms with Gasteiger partial charge in [-0.2, -0.15) is 9.78 Å². The number of benzene rings is 2. The third kappa shape index (κ3) is 6.19. The van der Waals surface area contributed by atoms with Crippen molar-refractivity contribution in [3.8, 4) is 17.3 Å². The molecule has 2 heterocycles. The minimum atomic E-state index is -4.11. The maximum atomic E-state index is 13.5. The van der Waals surface area contributed by atoms with Gasteiger partial charge in [0.1, 0.15) is 10.6 Å². The lowest BCUT2D eigenvalue weighted by atomic mass is 10.2. The second kappa shape index (κ2) is 11.4. The van der Waals surface area contributed by atoms with Crippen LogP contribution in [0.25, 0.3) is 5.69 Å². The summed E-state index contributed by atoms with van der Waals surface area (Å²) in [6.07, 6.45) is 0.547. The Morgan fingerprint density at radius 2 is 1.85 bits per heavy atom. The molecule has 4 aromatic rings. The molecule has 3 N–H and O–H groups in total. The molecule has 0 aliphatic heterocycles. The first-order valence-corrected chi connectivity index (χ1v) is 14.5. The first-order valence-electron chi connectivity index (χ1n) is 12.1. The number of ether oxygens (including phenoxy) is 1. The van der Waals surface area contributed by atoms with Crippen molar-refractivity contribution in [3.05, 3.63) is 81.7 Å². The molecule has 4 rings (SSSR count). The minimum absolute atomic E-state index is 0.0478. The van der Waals surface area contributed by atoms with E-state index in [1.54, 1.807) is 36.6 Å². The van der Waals surface area contributed by atoms with E-state index in [4.69, 9.17) is 4.74 Å². The SMILES string of the molecule is CC[C@H](C)NS(=O)(=O)c1cc(NC(=O)c2cccs2)ccc1Oc1c(C)c(C(=O)O)nn1-c1ccc(C)cc1. The summed E-state index contributed by atoms with van der Waals surface area (Å²) in [5.41, 5.74) is 1.77. The second-order valence-corrected chi connectivity index (χ2v) is 11.6. The van der Waals surface area contributed by atoms with Crippen LogP contribution in [0.1, 0.15) is 51.6 Å². The number of thiophene rings is 1. The molecule has 0 unspecified atom stereocenters. The lowest BCUT2D eigenvalue weighted by molar-refractivity contribution is 0.0689. The number of aromatic carboxylic acids is 1. The van der Waals surface area contributed by atoms with E-state index in [1.807, 2.05) is 26.0 Å². The Kier molecular flexibility index (Phi) is 8.19. The van der Waals surface area contributed by atoms with Crippen molar-refractivity contribution in [2.24, 2.45) is 0 Å². The van der Waals surface area contributed by atoms with Crippen LogP contribution in [0.15, 0.2) is 64.9 Å². The molecule has 0 radical (unpaired) electrons. The summed E-state index contributed by atoms with van der Waals surface area (Å²) in [6, 6.07) is 14.5. The average Bonchev–Trinajstić information content (AvgIpc) is 3.54. The van der Waals surface area contributed by atoms with E-state index in [0.29, 0.717) is 17.0 Å². The molecule has 0 bridgehead atoms. The summed E-state index contributed by atoms with van der Waals surface area (Å²) in [7, 11) is -4.11. The number of aromatic nitrogens is 2. The standard InChI is InChI=1S/C27H28N4O6S2/c1-5-17(3)30-39(35,36)23-15-19(28-25(32)22-7-6-14-38-22)10-13-21(23)37-26-18(4)24(27(33)34)29-31(26)20-11-8-16(2)9-12-20/h6-15,17,30H,5H2,1-4H3,(H,28,32)(H,33,34)/t17-/m0/s1. The van der Waals surface area contributed by atoms with Crippen LogP contribution in [0.2, 0.25) is 0 Å². The van der Waals surface area contributed by atoms with Gasteiger partial charge in [-0.05, 0) is 69.0 Å². The van der Waals surface area contributed by atoms with Gasteiger partial charge in [0.25, 0.3) is 5.91 Å². The number of aryl methyl sites for hydroxylation is 1. The van der Waals surface area contributed by atoms with Crippen LogP contribution in [0.4, 0.5) is 5.69 Å². The molecule has 204 valence electrons. The molecule has 10 nitrogen and oxygen atoms in total. The van der Waals surface area contributed by atoms with Gasteiger partial charge in [-0.25, -0.2) is 17.9 Å². The average molecular weight is 569 g/mol. The Balaban J connectivity index is 1.82. The largest absolute Gasteiger partial charge is 0.476 e. The quantitative estimate of drug-likeness (QED) is 0.234. The van der Waals surface area contributed by atoms with Crippen LogP contribution in [0, 0.1) is 13.8 Å². The highest BCUT2D eigenvalue weighted by atomic mass is 32.2. The zero-order valence-electron chi connectivity index (χ0n) is 21.8. The van der Waals surface area contributed by atoms with E-state index in [9.17, 15) is 23.1 Å². The second-order valence-electron chi connectivity index (χ2n) is 8.96. The van der Waals surface area contributed by atoms with Gasteiger partial charge < -0.3 is 15.2 Å². The van der Waals surface area contributed by atoms with Gasteiger partial charge in [-0.3, -0.25) is 4.79 Å². The van der Waals surface area contributed by atoms with E-state index < -0.39 is 16.0 Å². The number of anilines is 1. The summed E-state index contributed by atoms with van der Waals surface area (Å²) in [4.78, 5) is 24.7. The van der Waals surface area contributed by atoms with Crippen molar-refractivity contribution in [1.29, 1.82) is 0 Å². The van der Waals surface area contributed by atoms with Crippen LogP contribution in [-0.2, 0) is 10.0 Å². The third-order valence-corrected chi connectivity index (χ3v) is 8.44. The molecule has 0 saturated heterocycles. The molecule has 12 heteroatoms. The van der Waals surface area contributed by atoms with E-state index in [0.717, 1.165) is 5.56 Å². The van der Waals surface area contributed by atoms with E-state index in [-0.39, 0.29) is 45.4 Å². The van der Waals surface area contributed by atoms with Crippen LogP contribution < -0.4 is 14.8 Å². The molecule has 2 aromatic heterocycles. The van der Waals surface area contributed by atoms with Gasteiger partial charge in [-0.1, -0.05) is 30.7 Å². The first-order chi connectivity index (χ1) is 18.5. The Morgan fingerprint density at radius 3 is 2.46 bits per heavy atom. The molecular weight excluding hydrogens is 540 g/mol. The topological polar surface area (TPSA) is 140 Å². The molecule has 1 amide bonds. The predicted molar refractivity (Wildman–Crippen MR) is 149 cm³/mol. The summed E-state index contributed by atoms with van der Waals surface area (Å²) >= 11 is 1.26. The van der Waals surface area contributed by atoms with Crippen molar-refractivity contribution in [1.82, 2.24) is 14.5 Å². The predicted octanol–water partition coefficient (Wildman–Crippen LogP) is 5.37. The van der Waals surface area contributed by atoms with Gasteiger partial charge in [0.05, 0.1) is 10.6 Å². The first kappa shape index (κ1) is 28.0. The molecule has 1 atom stereocenters. The van der Waals surface area contributed by atoms with Crippen LogP contribution in [0.3, 0.4) is 0 Å². The number of amides is 1. The molecule has 39 heavy (non-hydrogen) atoms. The number of carboxylic acid groups (broad SMARTS) is 1. The lowest BCUT2D eigenvalue weighted by Gasteiger charge is -2.17. The highest BCUT2D eigenvalue weighted by Crippen LogP contribution is 2.35. The fourth-order valence-corrected chi connectivity index (χ4v) is 5.76. The van der Waals surface area contributed by atoms with Crippen molar-refractivity contribution in [2.75, 3.05) is 5.32 Å². The monoisotopic (exact) mass is 568 g/mol. The molecule has 0 aliphatic rings. The zero-order chi connectivity index (χ0) is 28.3. The van der Waals surface area contributed by atoms with Crippen molar-refractivity contribution in [3.63, 3.8) is 0 Å². The van der Waals surface area contributed by atoms with Crippen LogP contribution >= 0.6 is 11.3 Å². The third-order valence-electron chi connectivity index (χ3n) is 5.96. The minimum Gasteiger partial charge on any atom is -0.476 e. The van der Waals surface area contributed by atoms with E-state index >= 15 is 0 Å². The highest BCUT2D eigenvalue weighted by molar-refractivity contribution is 7.89. The molecule has 0 aliphatic carbocycles. The number of carboxylic acids is 1. The molecule has 0 spiro atoms. The highest BCUT2D eigenvalue weighted by Gasteiger charge is 2.27. The maximum absolute atomic E-state index is 13.5. The fraction of sp³-hybridized carbons (Fsp3) is 0.222. The van der Waals surface area contributed by atoms with Crippen LogP contribution in [0.5, 0.6) is 11.6 Å². The Morgan fingerprint density at radius 1 is 1.13 bits per heavy atom. The van der Waals surface area contributed by atoms with Crippen LogP contribution in [-0.4, -0.2) is 41.2 Å². The number of carbonyl (C=O) groups excluding carboxylic acids is 1. The number of hydrogen-bond acceptors (Lipinski definition) is 7. The maximum Gasteiger partial charge on any atom is 0.356 e. The molecule has 2 aromatic carbocycles. The van der Waals surface area contributed by atoms with Crippen molar-refractivity contribution >= 4 is 38.9 Å². The zero-order valence-corrected chi connectivity index (χ0v) is 23.4. The summed E-state index contributed by atoms with van der Waals surface area (Å²) in [5.74, 6) is -1.64. The summed E-state index contributed by atoms with van der Waals surface area (Å²) < 4.78 is 37.0. The molecular formula is C27H28N4O6S2. The number of carbonyl (C=O) groups is 2. The van der Waals surface area contributed by atoms with Gasteiger partial charge >= 0.3 is 5.97 Å².